The number of hydrogen-bond acceptors (Lipinski definition) is 3. The van der Waals surface area contributed by atoms with E-state index < -0.39 is 11.0 Å². The Bertz CT molecular complexity index is 240. The van der Waals surface area contributed by atoms with Crippen molar-refractivity contribution >= 4 is 5.78 Å². The third kappa shape index (κ3) is 4.73. The van der Waals surface area contributed by atoms with E-state index in [4.69, 9.17) is 0 Å². The predicted molar refractivity (Wildman–Crippen MR) is 62.0 cm³/mol. The first-order valence-electron chi connectivity index (χ1n) is 6.38. The molecule has 0 aromatic rings. The highest BCUT2D eigenvalue weighted by atomic mass is 16.6. The Morgan fingerprint density at radius 1 is 0.938 bits per heavy atom. The molecule has 0 unspecified atom stereocenters. The van der Waals surface area contributed by atoms with E-state index in [9.17, 15) is 14.9 Å². The van der Waals surface area contributed by atoms with Gasteiger partial charge >= 0.3 is 0 Å². The van der Waals surface area contributed by atoms with Crippen LogP contribution in [0.2, 0.25) is 0 Å². The number of rotatable bonds is 1. The summed E-state index contributed by atoms with van der Waals surface area (Å²) in [6.07, 6.45) is 9.32. The molecule has 4 heteroatoms. The predicted octanol–water partition coefficient (Wildman–Crippen LogP) is 3.12. The third-order valence-electron chi connectivity index (χ3n) is 3.28. The Balaban J connectivity index is 2.46. The van der Waals surface area contributed by atoms with Crippen LogP contribution in [0.1, 0.15) is 64.2 Å². The molecule has 1 aliphatic carbocycles. The van der Waals surface area contributed by atoms with Crippen molar-refractivity contribution in [2.75, 3.05) is 0 Å². The van der Waals surface area contributed by atoms with Gasteiger partial charge in [-0.2, -0.15) is 0 Å². The van der Waals surface area contributed by atoms with Gasteiger partial charge in [-0.25, -0.2) is 0 Å². The molecule has 1 atom stereocenters. The highest BCUT2D eigenvalue weighted by Crippen LogP contribution is 2.16. The summed E-state index contributed by atoms with van der Waals surface area (Å²) >= 11 is 0. The van der Waals surface area contributed by atoms with E-state index in [-0.39, 0.29) is 5.78 Å². The summed E-state index contributed by atoms with van der Waals surface area (Å²) in [4.78, 5) is 22.0. The maximum atomic E-state index is 11.6. The van der Waals surface area contributed by atoms with Gasteiger partial charge in [0.1, 0.15) is 0 Å². The number of ketones is 1. The fraction of sp³-hybridized carbons (Fsp3) is 0.917. The van der Waals surface area contributed by atoms with Crippen LogP contribution in [-0.2, 0) is 4.79 Å². The van der Waals surface area contributed by atoms with E-state index in [1.807, 2.05) is 0 Å². The third-order valence-corrected chi connectivity index (χ3v) is 3.28. The Morgan fingerprint density at radius 2 is 1.44 bits per heavy atom. The zero-order valence-electron chi connectivity index (χ0n) is 9.82. The van der Waals surface area contributed by atoms with E-state index in [2.05, 4.69) is 0 Å². The molecule has 0 radical (unpaired) electrons. The second-order valence-electron chi connectivity index (χ2n) is 4.63. The van der Waals surface area contributed by atoms with Gasteiger partial charge in [0.15, 0.2) is 0 Å². The molecular formula is C12H21NO3. The summed E-state index contributed by atoms with van der Waals surface area (Å²) in [5.74, 6) is -0.162. The topological polar surface area (TPSA) is 60.2 Å². The average Bonchev–Trinajstić information content (AvgIpc) is 2.22. The van der Waals surface area contributed by atoms with Crippen molar-refractivity contribution in [1.82, 2.24) is 0 Å². The number of Topliss-reactive ketones (excluding diaryl/α,β-unsaturated/α-hetero) is 1. The minimum absolute atomic E-state index is 0.162. The van der Waals surface area contributed by atoms with Crippen LogP contribution >= 0.6 is 0 Å². The van der Waals surface area contributed by atoms with Crippen LogP contribution in [0, 0.1) is 10.1 Å². The lowest BCUT2D eigenvalue weighted by Gasteiger charge is -2.10. The molecule has 0 amide bonds. The quantitative estimate of drug-likeness (QED) is 0.510. The highest BCUT2D eigenvalue weighted by Gasteiger charge is 2.27. The zero-order chi connectivity index (χ0) is 11.8. The van der Waals surface area contributed by atoms with Gasteiger partial charge in [0.05, 0.1) is 0 Å². The van der Waals surface area contributed by atoms with Gasteiger partial charge in [-0.3, -0.25) is 14.9 Å². The molecule has 92 valence electrons. The standard InChI is InChI=1S/C12H21NO3/c14-12-10-8-6-4-2-1-3-5-7-9-11(12)13(15)16/h11H,1-10H2/t11-/m1/s1. The molecule has 0 N–H and O–H groups in total. The van der Waals surface area contributed by atoms with Crippen molar-refractivity contribution in [3.63, 3.8) is 0 Å². The van der Waals surface area contributed by atoms with E-state index in [0.717, 1.165) is 38.5 Å². The normalized spacial score (nSPS) is 25.5. The molecule has 1 aliphatic rings. The van der Waals surface area contributed by atoms with Crippen LogP contribution < -0.4 is 0 Å². The van der Waals surface area contributed by atoms with E-state index in [0.29, 0.717) is 12.8 Å². The monoisotopic (exact) mass is 227 g/mol. The van der Waals surface area contributed by atoms with Gasteiger partial charge in [0.25, 0.3) is 6.04 Å². The largest absolute Gasteiger partial charge is 0.292 e. The molecule has 0 bridgehead atoms. The molecule has 0 saturated heterocycles. The summed E-state index contributed by atoms with van der Waals surface area (Å²) < 4.78 is 0. The first-order valence-corrected chi connectivity index (χ1v) is 6.38. The first kappa shape index (κ1) is 13.1. The van der Waals surface area contributed by atoms with Gasteiger partial charge in [0, 0.05) is 17.8 Å². The van der Waals surface area contributed by atoms with E-state index >= 15 is 0 Å². The van der Waals surface area contributed by atoms with E-state index in [1.54, 1.807) is 0 Å². The van der Waals surface area contributed by atoms with Crippen molar-refractivity contribution in [3.05, 3.63) is 10.1 Å². The van der Waals surface area contributed by atoms with Crippen molar-refractivity contribution in [2.45, 2.75) is 70.3 Å². The molecule has 1 rings (SSSR count). The second kappa shape index (κ2) is 7.36. The van der Waals surface area contributed by atoms with Gasteiger partial charge in [0.2, 0.25) is 5.78 Å². The van der Waals surface area contributed by atoms with E-state index in [1.165, 1.54) is 12.8 Å². The average molecular weight is 227 g/mol. The molecule has 4 nitrogen and oxygen atoms in total. The molecule has 1 fully saturated rings. The van der Waals surface area contributed by atoms with Crippen molar-refractivity contribution in [2.24, 2.45) is 0 Å². The molecule has 1 saturated carbocycles. The Kier molecular flexibility index (Phi) is 6.04. The fourth-order valence-electron chi connectivity index (χ4n) is 2.25. The molecule has 0 aromatic carbocycles. The Labute approximate surface area is 96.6 Å². The summed E-state index contributed by atoms with van der Waals surface area (Å²) in [6.45, 7) is 0. The molecular weight excluding hydrogens is 206 g/mol. The Hall–Kier alpha value is -0.930. The van der Waals surface area contributed by atoms with Crippen molar-refractivity contribution in [3.8, 4) is 0 Å². The summed E-state index contributed by atoms with van der Waals surface area (Å²) in [6, 6.07) is -0.931. The van der Waals surface area contributed by atoms with Gasteiger partial charge in [-0.05, 0) is 12.8 Å². The minimum atomic E-state index is -0.931. The van der Waals surface area contributed by atoms with Crippen LogP contribution in [0.4, 0.5) is 0 Å². The lowest BCUT2D eigenvalue weighted by molar-refractivity contribution is -0.508. The number of carbonyl (C=O) groups is 1. The lowest BCUT2D eigenvalue weighted by atomic mass is 9.97. The Morgan fingerprint density at radius 3 is 2.00 bits per heavy atom. The summed E-state index contributed by atoms with van der Waals surface area (Å²) in [7, 11) is 0. The van der Waals surface area contributed by atoms with Gasteiger partial charge in [-0.15, -0.1) is 0 Å². The molecule has 0 aliphatic heterocycles. The maximum Gasteiger partial charge on any atom is 0.270 e. The minimum Gasteiger partial charge on any atom is -0.292 e. The number of nitrogens with zero attached hydrogens (tertiary/aromatic N) is 1. The van der Waals surface area contributed by atoms with Crippen LogP contribution in [0.3, 0.4) is 0 Å². The van der Waals surface area contributed by atoms with Crippen LogP contribution in [0.5, 0.6) is 0 Å². The number of carbonyl (C=O) groups excluding carboxylic acids is 1. The summed E-state index contributed by atoms with van der Waals surface area (Å²) in [5.41, 5.74) is 0. The van der Waals surface area contributed by atoms with Crippen LogP contribution in [0.15, 0.2) is 0 Å². The molecule has 0 heterocycles. The smallest absolute Gasteiger partial charge is 0.270 e. The number of nitro groups is 1. The van der Waals surface area contributed by atoms with Crippen LogP contribution in [0.25, 0.3) is 0 Å². The SMILES string of the molecule is O=C1CCCCCCCCCC[C@H]1[N+](=O)[O-]. The first-order chi connectivity index (χ1) is 7.72. The zero-order valence-corrected chi connectivity index (χ0v) is 9.82. The summed E-state index contributed by atoms with van der Waals surface area (Å²) in [5, 5.41) is 10.8. The lowest BCUT2D eigenvalue weighted by Crippen LogP contribution is -2.29. The van der Waals surface area contributed by atoms with Crippen molar-refractivity contribution < 1.29 is 9.72 Å². The maximum absolute atomic E-state index is 11.6. The molecule has 16 heavy (non-hydrogen) atoms. The molecule has 0 spiro atoms. The second-order valence-corrected chi connectivity index (χ2v) is 4.63. The van der Waals surface area contributed by atoms with Crippen molar-refractivity contribution in [1.29, 1.82) is 0 Å². The van der Waals surface area contributed by atoms with Crippen LogP contribution in [-0.4, -0.2) is 16.7 Å². The van der Waals surface area contributed by atoms with Gasteiger partial charge in [-0.1, -0.05) is 38.5 Å². The fourth-order valence-corrected chi connectivity index (χ4v) is 2.25. The number of hydrogen-bond donors (Lipinski definition) is 0. The highest BCUT2D eigenvalue weighted by molar-refractivity contribution is 5.82. The molecule has 0 aromatic heterocycles. The van der Waals surface area contributed by atoms with Gasteiger partial charge < -0.3 is 0 Å².